The molecular formula is C26H32N4O3. The molecule has 1 aromatic carbocycles. The molecule has 2 aromatic heterocycles. The Morgan fingerprint density at radius 1 is 1.12 bits per heavy atom. The maximum absolute atomic E-state index is 12.7. The number of aromatic nitrogens is 2. The first kappa shape index (κ1) is 22.9. The molecule has 1 fully saturated rings. The monoisotopic (exact) mass is 448 g/mol. The molecule has 0 unspecified atom stereocenters. The molecule has 0 saturated carbocycles. The lowest BCUT2D eigenvalue weighted by atomic mass is 10.1. The number of benzene rings is 1. The Kier molecular flexibility index (Phi) is 7.62. The van der Waals surface area contributed by atoms with Crippen molar-refractivity contribution in [3.05, 3.63) is 66.1 Å². The molecular weight excluding hydrogens is 416 g/mol. The second kappa shape index (κ2) is 11.0. The maximum atomic E-state index is 12.7. The van der Waals surface area contributed by atoms with Crippen LogP contribution in [0.3, 0.4) is 0 Å². The molecule has 0 spiro atoms. The Morgan fingerprint density at radius 3 is 2.73 bits per heavy atom. The fourth-order valence-electron chi connectivity index (χ4n) is 3.93. The lowest BCUT2D eigenvalue weighted by Gasteiger charge is -2.33. The highest BCUT2D eigenvalue weighted by molar-refractivity contribution is 5.92. The van der Waals surface area contributed by atoms with Crippen LogP contribution in [0, 0.1) is 0 Å². The Labute approximate surface area is 195 Å². The number of rotatable bonds is 9. The van der Waals surface area contributed by atoms with Crippen molar-refractivity contribution in [2.24, 2.45) is 0 Å². The van der Waals surface area contributed by atoms with Crippen LogP contribution in [0.1, 0.15) is 31.0 Å². The number of hydrogen-bond donors (Lipinski definition) is 0. The van der Waals surface area contributed by atoms with E-state index >= 15 is 0 Å². The minimum absolute atomic E-state index is 0.0321. The molecule has 0 radical (unpaired) electrons. The van der Waals surface area contributed by atoms with E-state index in [1.54, 1.807) is 13.2 Å². The van der Waals surface area contributed by atoms with Gasteiger partial charge in [0.25, 0.3) is 0 Å². The van der Waals surface area contributed by atoms with Crippen molar-refractivity contribution < 1.29 is 14.3 Å². The minimum atomic E-state index is 0.0321. The summed E-state index contributed by atoms with van der Waals surface area (Å²) in [4.78, 5) is 21.6. The van der Waals surface area contributed by atoms with E-state index in [0.717, 1.165) is 55.1 Å². The summed E-state index contributed by atoms with van der Waals surface area (Å²) in [5.41, 5.74) is 2.93. The van der Waals surface area contributed by atoms with Crippen LogP contribution in [0.25, 0.3) is 11.7 Å². The van der Waals surface area contributed by atoms with Gasteiger partial charge in [-0.05, 0) is 42.3 Å². The largest absolute Gasteiger partial charge is 0.493 e. The number of imidazole rings is 1. The number of amides is 1. The van der Waals surface area contributed by atoms with Gasteiger partial charge in [0.2, 0.25) is 5.91 Å². The zero-order valence-corrected chi connectivity index (χ0v) is 19.4. The molecule has 0 aliphatic carbocycles. The van der Waals surface area contributed by atoms with Crippen LogP contribution in [0.5, 0.6) is 11.5 Å². The van der Waals surface area contributed by atoms with Crippen molar-refractivity contribution >= 4 is 17.6 Å². The summed E-state index contributed by atoms with van der Waals surface area (Å²) in [7, 11) is 1.63. The van der Waals surface area contributed by atoms with Gasteiger partial charge < -0.3 is 18.8 Å². The van der Waals surface area contributed by atoms with Gasteiger partial charge in [-0.1, -0.05) is 25.5 Å². The number of hydrogen-bond acceptors (Lipinski definition) is 5. The number of piperazine rings is 1. The zero-order chi connectivity index (χ0) is 23.0. The quantitative estimate of drug-likeness (QED) is 0.367. The summed E-state index contributed by atoms with van der Waals surface area (Å²) in [6.07, 6.45) is 9.65. The van der Waals surface area contributed by atoms with Crippen molar-refractivity contribution in [3.63, 3.8) is 0 Å². The summed E-state index contributed by atoms with van der Waals surface area (Å²) < 4.78 is 13.3. The topological polar surface area (TPSA) is 59.3 Å². The molecule has 174 valence electrons. The normalized spacial score (nSPS) is 14.8. The van der Waals surface area contributed by atoms with Crippen LogP contribution in [0.4, 0.5) is 0 Å². The highest BCUT2D eigenvalue weighted by Gasteiger charge is 2.20. The first-order chi connectivity index (χ1) is 16.2. The summed E-state index contributed by atoms with van der Waals surface area (Å²) in [6.45, 7) is 6.70. The molecule has 1 aliphatic heterocycles. The zero-order valence-electron chi connectivity index (χ0n) is 19.4. The van der Waals surface area contributed by atoms with Gasteiger partial charge in [-0.3, -0.25) is 9.69 Å². The van der Waals surface area contributed by atoms with E-state index in [0.29, 0.717) is 25.4 Å². The molecule has 1 amide bonds. The molecule has 7 nitrogen and oxygen atoms in total. The lowest BCUT2D eigenvalue weighted by molar-refractivity contribution is -0.127. The van der Waals surface area contributed by atoms with E-state index in [1.807, 2.05) is 58.0 Å². The van der Waals surface area contributed by atoms with Crippen molar-refractivity contribution in [1.29, 1.82) is 0 Å². The van der Waals surface area contributed by atoms with Gasteiger partial charge >= 0.3 is 0 Å². The van der Waals surface area contributed by atoms with E-state index in [-0.39, 0.29) is 5.91 Å². The number of fused-ring (bicyclic) bond motifs is 1. The first-order valence-corrected chi connectivity index (χ1v) is 11.6. The fraction of sp³-hybridized carbons (Fsp3) is 0.385. The number of ether oxygens (including phenoxy) is 2. The minimum Gasteiger partial charge on any atom is -0.493 e. The highest BCUT2D eigenvalue weighted by atomic mass is 16.5. The molecule has 33 heavy (non-hydrogen) atoms. The van der Waals surface area contributed by atoms with Gasteiger partial charge in [-0.15, -0.1) is 0 Å². The lowest BCUT2D eigenvalue weighted by Crippen LogP contribution is -2.47. The molecule has 3 aromatic rings. The second-order valence-corrected chi connectivity index (χ2v) is 8.25. The van der Waals surface area contributed by atoms with Crippen LogP contribution < -0.4 is 9.47 Å². The third-order valence-corrected chi connectivity index (χ3v) is 5.84. The van der Waals surface area contributed by atoms with Gasteiger partial charge in [0.15, 0.2) is 11.5 Å². The van der Waals surface area contributed by atoms with Crippen LogP contribution >= 0.6 is 0 Å². The Balaban J connectivity index is 1.28. The van der Waals surface area contributed by atoms with Crippen LogP contribution in [0.15, 0.2) is 54.9 Å². The van der Waals surface area contributed by atoms with Gasteiger partial charge in [0.1, 0.15) is 5.65 Å². The first-order valence-electron chi connectivity index (χ1n) is 11.6. The average molecular weight is 449 g/mol. The van der Waals surface area contributed by atoms with Crippen molar-refractivity contribution in [2.75, 3.05) is 39.9 Å². The van der Waals surface area contributed by atoms with Gasteiger partial charge in [-0.2, -0.15) is 0 Å². The number of methoxy groups -OCH3 is 1. The standard InChI is InChI=1S/C26H32N4O3/c1-3-4-17-33-23-10-8-21(18-24(23)32-2)9-11-26(31)29-15-13-28(14-16-29)19-22-20-30-12-6-5-7-25(30)27-22/h5-12,18,20H,3-4,13-17,19H2,1-2H3/b11-9+. The average Bonchev–Trinajstić information content (AvgIpc) is 3.26. The molecule has 0 N–H and O–H groups in total. The van der Waals surface area contributed by atoms with E-state index in [9.17, 15) is 4.79 Å². The fourth-order valence-corrected chi connectivity index (χ4v) is 3.93. The summed E-state index contributed by atoms with van der Waals surface area (Å²) in [5, 5.41) is 0. The predicted octanol–water partition coefficient (Wildman–Crippen LogP) is 3.88. The molecule has 0 bridgehead atoms. The van der Waals surface area contributed by atoms with E-state index in [2.05, 4.69) is 23.0 Å². The Morgan fingerprint density at radius 2 is 1.97 bits per heavy atom. The van der Waals surface area contributed by atoms with Gasteiger partial charge in [0, 0.05) is 51.2 Å². The van der Waals surface area contributed by atoms with E-state index < -0.39 is 0 Å². The van der Waals surface area contributed by atoms with Crippen molar-refractivity contribution in [3.8, 4) is 11.5 Å². The van der Waals surface area contributed by atoms with Gasteiger partial charge in [0.05, 0.1) is 19.4 Å². The third-order valence-electron chi connectivity index (χ3n) is 5.84. The molecule has 3 heterocycles. The van der Waals surface area contributed by atoms with Gasteiger partial charge in [-0.25, -0.2) is 4.98 Å². The summed E-state index contributed by atoms with van der Waals surface area (Å²) in [5.74, 6) is 1.45. The number of unbranched alkanes of at least 4 members (excludes halogenated alkanes) is 1. The molecule has 0 atom stereocenters. The van der Waals surface area contributed by atoms with E-state index in [4.69, 9.17) is 9.47 Å². The molecule has 1 aliphatic rings. The van der Waals surface area contributed by atoms with E-state index in [1.165, 1.54) is 0 Å². The Hall–Kier alpha value is -3.32. The molecule has 1 saturated heterocycles. The number of carbonyl (C=O) groups is 1. The van der Waals surface area contributed by atoms with Crippen LogP contribution in [-0.2, 0) is 11.3 Å². The Bertz CT molecular complexity index is 1070. The number of carbonyl (C=O) groups excluding carboxylic acids is 1. The van der Waals surface area contributed by atoms with Crippen molar-refractivity contribution in [2.45, 2.75) is 26.3 Å². The number of nitrogens with zero attached hydrogens (tertiary/aromatic N) is 4. The SMILES string of the molecule is CCCCOc1ccc(/C=C/C(=O)N2CCN(Cc3cn4ccccc4n3)CC2)cc1OC. The third kappa shape index (κ3) is 5.93. The highest BCUT2D eigenvalue weighted by Crippen LogP contribution is 2.28. The smallest absolute Gasteiger partial charge is 0.246 e. The maximum Gasteiger partial charge on any atom is 0.246 e. The molecule has 4 rings (SSSR count). The summed E-state index contributed by atoms with van der Waals surface area (Å²) >= 11 is 0. The van der Waals surface area contributed by atoms with Crippen LogP contribution in [-0.4, -0.2) is 65.0 Å². The second-order valence-electron chi connectivity index (χ2n) is 8.25. The predicted molar refractivity (Wildman–Crippen MR) is 129 cm³/mol. The number of pyridine rings is 1. The van der Waals surface area contributed by atoms with Crippen LogP contribution in [0.2, 0.25) is 0 Å². The molecule has 7 heteroatoms. The summed E-state index contributed by atoms with van der Waals surface area (Å²) in [6, 6.07) is 11.8. The van der Waals surface area contributed by atoms with Crippen molar-refractivity contribution in [1.82, 2.24) is 19.2 Å².